The quantitative estimate of drug-likeness (QED) is 0.784. The first kappa shape index (κ1) is 15.0. The number of rotatable bonds is 5. The maximum absolute atomic E-state index is 12.2. The zero-order chi connectivity index (χ0) is 15.4. The Hall–Kier alpha value is -2.44. The second kappa shape index (κ2) is 6.34. The highest BCUT2D eigenvalue weighted by Crippen LogP contribution is 2.21. The molecule has 2 rings (SSSR count). The summed E-state index contributed by atoms with van der Waals surface area (Å²) in [5.41, 5.74) is 2.43. The van der Waals surface area contributed by atoms with E-state index < -0.39 is 0 Å². The molecule has 0 aliphatic rings. The van der Waals surface area contributed by atoms with Crippen molar-refractivity contribution in [3.8, 4) is 0 Å². The largest absolute Gasteiger partial charge is 0.382 e. The summed E-state index contributed by atoms with van der Waals surface area (Å²) >= 11 is 0. The van der Waals surface area contributed by atoms with Gasteiger partial charge in [-0.1, -0.05) is 25.0 Å². The Balaban J connectivity index is 2.19. The van der Waals surface area contributed by atoms with E-state index in [0.717, 1.165) is 11.3 Å². The van der Waals surface area contributed by atoms with E-state index in [-0.39, 0.29) is 11.9 Å². The van der Waals surface area contributed by atoms with Crippen LogP contribution >= 0.6 is 0 Å². The fraction of sp³-hybridized carbons (Fsp3) is 0.429. The van der Waals surface area contributed by atoms with Crippen molar-refractivity contribution < 1.29 is 4.79 Å². The number of benzene rings is 1. The molecule has 0 bridgehead atoms. The van der Waals surface area contributed by atoms with Gasteiger partial charge in [-0.2, -0.15) is 5.21 Å². The number of amides is 1. The van der Waals surface area contributed by atoms with Crippen LogP contribution in [0.25, 0.3) is 0 Å². The van der Waals surface area contributed by atoms with Gasteiger partial charge in [0.05, 0.1) is 0 Å². The first-order chi connectivity index (χ1) is 9.99. The molecule has 0 aliphatic heterocycles. The fourth-order valence-corrected chi connectivity index (χ4v) is 1.83. The summed E-state index contributed by atoms with van der Waals surface area (Å²) in [5.74, 6) is 0.407. The standard InChI is InChI=1S/C14H20N6O/c1-8(2)10(4)15-12-7-5-6-11(9(12)3)13(21)16-14-17-19-20-18-14/h5-8,10,15H,1-4H3,(H2,16,17,18,19,20,21)/t10-/m1/s1. The lowest BCUT2D eigenvalue weighted by atomic mass is 10.0. The molecule has 2 aromatic rings. The van der Waals surface area contributed by atoms with Gasteiger partial charge < -0.3 is 5.32 Å². The van der Waals surface area contributed by atoms with E-state index in [4.69, 9.17) is 0 Å². The van der Waals surface area contributed by atoms with Crippen LogP contribution in [-0.4, -0.2) is 32.6 Å². The number of nitrogens with zero attached hydrogens (tertiary/aromatic N) is 3. The van der Waals surface area contributed by atoms with Crippen LogP contribution in [-0.2, 0) is 0 Å². The number of carbonyl (C=O) groups is 1. The van der Waals surface area contributed by atoms with Gasteiger partial charge in [-0.25, -0.2) is 0 Å². The van der Waals surface area contributed by atoms with Gasteiger partial charge in [0.15, 0.2) is 0 Å². The number of aromatic nitrogens is 4. The number of aromatic amines is 1. The van der Waals surface area contributed by atoms with Gasteiger partial charge in [-0.3, -0.25) is 10.1 Å². The highest BCUT2D eigenvalue weighted by molar-refractivity contribution is 6.05. The van der Waals surface area contributed by atoms with E-state index in [1.54, 1.807) is 6.07 Å². The molecule has 0 unspecified atom stereocenters. The molecule has 0 fully saturated rings. The molecule has 1 aromatic heterocycles. The first-order valence-electron chi connectivity index (χ1n) is 6.90. The van der Waals surface area contributed by atoms with Crippen LogP contribution in [0.3, 0.4) is 0 Å². The van der Waals surface area contributed by atoms with Crippen LogP contribution in [0.2, 0.25) is 0 Å². The SMILES string of the molecule is Cc1c(N[C@H](C)C(C)C)cccc1C(=O)Nc1nn[nH]n1. The predicted octanol–water partition coefficient (Wildman–Crippen LogP) is 2.22. The Kier molecular flexibility index (Phi) is 4.52. The van der Waals surface area contributed by atoms with E-state index >= 15 is 0 Å². The van der Waals surface area contributed by atoms with Crippen molar-refractivity contribution in [1.82, 2.24) is 20.6 Å². The minimum Gasteiger partial charge on any atom is -0.382 e. The highest BCUT2D eigenvalue weighted by Gasteiger charge is 2.15. The fourth-order valence-electron chi connectivity index (χ4n) is 1.83. The summed E-state index contributed by atoms with van der Waals surface area (Å²) < 4.78 is 0. The van der Waals surface area contributed by atoms with Crippen LogP contribution in [0.5, 0.6) is 0 Å². The number of anilines is 2. The molecule has 112 valence electrons. The molecule has 1 amide bonds. The van der Waals surface area contributed by atoms with Crippen molar-refractivity contribution in [3.05, 3.63) is 29.3 Å². The van der Waals surface area contributed by atoms with E-state index in [9.17, 15) is 4.79 Å². The number of hydrogen-bond donors (Lipinski definition) is 3. The minimum absolute atomic E-state index is 0.160. The molecule has 7 heteroatoms. The van der Waals surface area contributed by atoms with Gasteiger partial charge in [0.1, 0.15) is 0 Å². The number of hydrogen-bond acceptors (Lipinski definition) is 5. The molecule has 0 aliphatic carbocycles. The zero-order valence-corrected chi connectivity index (χ0v) is 12.6. The lowest BCUT2D eigenvalue weighted by Gasteiger charge is -2.21. The highest BCUT2D eigenvalue weighted by atomic mass is 16.1. The lowest BCUT2D eigenvalue weighted by Crippen LogP contribution is -2.23. The molecule has 1 atom stereocenters. The summed E-state index contributed by atoms with van der Waals surface area (Å²) in [4.78, 5) is 12.2. The van der Waals surface area contributed by atoms with Gasteiger partial charge in [0, 0.05) is 17.3 Å². The second-order valence-electron chi connectivity index (χ2n) is 5.34. The van der Waals surface area contributed by atoms with Crippen molar-refractivity contribution in [2.45, 2.75) is 33.7 Å². The lowest BCUT2D eigenvalue weighted by molar-refractivity contribution is 0.102. The molecule has 21 heavy (non-hydrogen) atoms. The predicted molar refractivity (Wildman–Crippen MR) is 81.2 cm³/mol. The maximum Gasteiger partial charge on any atom is 0.270 e. The molecule has 0 saturated carbocycles. The summed E-state index contributed by atoms with van der Waals surface area (Å²) in [6.45, 7) is 8.34. The van der Waals surface area contributed by atoms with E-state index in [0.29, 0.717) is 17.5 Å². The topological polar surface area (TPSA) is 95.6 Å². The number of tetrazole rings is 1. The Morgan fingerprint density at radius 2 is 2.05 bits per heavy atom. The van der Waals surface area contributed by atoms with Crippen LogP contribution in [0.15, 0.2) is 18.2 Å². The Labute approximate surface area is 123 Å². The van der Waals surface area contributed by atoms with E-state index in [2.05, 4.69) is 52.0 Å². The average Bonchev–Trinajstić information content (AvgIpc) is 2.93. The van der Waals surface area contributed by atoms with Crippen molar-refractivity contribution in [2.24, 2.45) is 5.92 Å². The minimum atomic E-state index is -0.255. The molecular weight excluding hydrogens is 268 g/mol. The molecule has 1 aromatic carbocycles. The molecule has 3 N–H and O–H groups in total. The van der Waals surface area contributed by atoms with Gasteiger partial charge in [0.25, 0.3) is 11.9 Å². The molecule has 0 spiro atoms. The van der Waals surface area contributed by atoms with Gasteiger partial charge >= 0.3 is 0 Å². The molecule has 7 nitrogen and oxygen atoms in total. The third-order valence-electron chi connectivity index (χ3n) is 3.53. The van der Waals surface area contributed by atoms with Crippen LogP contribution < -0.4 is 10.6 Å². The Morgan fingerprint density at radius 1 is 1.29 bits per heavy atom. The third kappa shape index (κ3) is 3.56. The monoisotopic (exact) mass is 288 g/mol. The Morgan fingerprint density at radius 3 is 2.67 bits per heavy atom. The van der Waals surface area contributed by atoms with Crippen LogP contribution in [0, 0.1) is 12.8 Å². The molecule has 0 radical (unpaired) electrons. The molecular formula is C14H20N6O. The maximum atomic E-state index is 12.2. The average molecular weight is 288 g/mol. The van der Waals surface area contributed by atoms with Crippen LogP contribution in [0.4, 0.5) is 11.6 Å². The van der Waals surface area contributed by atoms with Crippen LogP contribution in [0.1, 0.15) is 36.7 Å². The van der Waals surface area contributed by atoms with Gasteiger partial charge in [-0.05, 0) is 42.7 Å². The number of carbonyl (C=O) groups excluding carboxylic acids is 1. The first-order valence-corrected chi connectivity index (χ1v) is 6.90. The normalized spacial score (nSPS) is 12.2. The van der Waals surface area contributed by atoms with Crippen molar-refractivity contribution in [3.63, 3.8) is 0 Å². The zero-order valence-electron chi connectivity index (χ0n) is 12.6. The summed E-state index contributed by atoms with van der Waals surface area (Å²) in [6, 6.07) is 5.92. The third-order valence-corrected chi connectivity index (χ3v) is 3.53. The van der Waals surface area contributed by atoms with Crippen molar-refractivity contribution in [1.29, 1.82) is 0 Å². The number of H-pyrrole nitrogens is 1. The van der Waals surface area contributed by atoms with Crippen molar-refractivity contribution in [2.75, 3.05) is 10.6 Å². The second-order valence-corrected chi connectivity index (χ2v) is 5.34. The van der Waals surface area contributed by atoms with E-state index in [1.807, 2.05) is 19.1 Å². The van der Waals surface area contributed by atoms with Gasteiger partial charge in [-0.15, -0.1) is 5.10 Å². The molecule has 0 saturated heterocycles. The summed E-state index contributed by atoms with van der Waals surface area (Å²) in [7, 11) is 0. The summed E-state index contributed by atoms with van der Waals surface area (Å²) in [6.07, 6.45) is 0. The molecule has 1 heterocycles. The number of nitrogens with one attached hydrogen (secondary N) is 3. The van der Waals surface area contributed by atoms with Gasteiger partial charge in [0.2, 0.25) is 0 Å². The summed E-state index contributed by atoms with van der Waals surface area (Å²) in [5, 5.41) is 19.2. The van der Waals surface area contributed by atoms with Crippen molar-refractivity contribution >= 4 is 17.5 Å². The van der Waals surface area contributed by atoms with E-state index in [1.165, 1.54) is 0 Å². The Bertz CT molecular complexity index is 608. The smallest absolute Gasteiger partial charge is 0.270 e.